The van der Waals surface area contributed by atoms with E-state index in [-0.39, 0.29) is 24.0 Å². The summed E-state index contributed by atoms with van der Waals surface area (Å²) in [7, 11) is -3.58. The number of urea groups is 1. The minimum Gasteiger partial charge on any atom is -0.339 e. The SMILES string of the molecule is CCCc1ccc(S(=O)(=O)N2CCN(C(=O)Nc3ccc(-c4noc(C)n4)cc3)CC2)cc1. The number of anilines is 1. The number of hydrogen-bond donors (Lipinski definition) is 1. The molecule has 1 aromatic heterocycles. The van der Waals surface area contributed by atoms with Crippen LogP contribution in [0.3, 0.4) is 0 Å². The van der Waals surface area contributed by atoms with E-state index < -0.39 is 10.0 Å². The van der Waals surface area contributed by atoms with Crippen molar-refractivity contribution >= 4 is 21.7 Å². The van der Waals surface area contributed by atoms with Crippen LogP contribution in [-0.4, -0.2) is 60.0 Å². The fraction of sp³-hybridized carbons (Fsp3) is 0.348. The number of aryl methyl sites for hydroxylation is 2. The van der Waals surface area contributed by atoms with E-state index in [0.29, 0.717) is 30.5 Å². The standard InChI is InChI=1S/C23H27N5O4S/c1-3-4-18-5-11-21(12-6-18)33(30,31)28-15-13-27(14-16-28)23(29)25-20-9-7-19(8-10-20)22-24-17(2)32-26-22/h5-12H,3-4,13-16H2,1-2H3,(H,25,29). The van der Waals surface area contributed by atoms with E-state index in [0.717, 1.165) is 24.0 Å². The highest BCUT2D eigenvalue weighted by Crippen LogP contribution is 2.21. The van der Waals surface area contributed by atoms with Gasteiger partial charge in [-0.15, -0.1) is 0 Å². The van der Waals surface area contributed by atoms with Crippen LogP contribution < -0.4 is 5.32 Å². The highest BCUT2D eigenvalue weighted by atomic mass is 32.2. The van der Waals surface area contributed by atoms with E-state index in [1.54, 1.807) is 48.2 Å². The fourth-order valence-electron chi connectivity index (χ4n) is 3.72. The molecule has 9 nitrogen and oxygen atoms in total. The summed E-state index contributed by atoms with van der Waals surface area (Å²) >= 11 is 0. The van der Waals surface area contributed by atoms with Crippen LogP contribution in [0.1, 0.15) is 24.8 Å². The Morgan fingerprint density at radius 3 is 2.27 bits per heavy atom. The molecule has 2 heterocycles. The van der Waals surface area contributed by atoms with Crippen LogP contribution in [0.25, 0.3) is 11.4 Å². The van der Waals surface area contributed by atoms with Gasteiger partial charge in [0.2, 0.25) is 21.7 Å². The van der Waals surface area contributed by atoms with E-state index in [9.17, 15) is 13.2 Å². The summed E-state index contributed by atoms with van der Waals surface area (Å²) in [5.41, 5.74) is 2.54. The second-order valence-corrected chi connectivity index (χ2v) is 9.87. The highest BCUT2D eigenvalue weighted by molar-refractivity contribution is 7.89. The number of carbonyl (C=O) groups excluding carboxylic acids is 1. The molecular formula is C23H27N5O4S. The van der Waals surface area contributed by atoms with Gasteiger partial charge >= 0.3 is 6.03 Å². The van der Waals surface area contributed by atoms with Gasteiger partial charge in [0, 0.05) is 44.4 Å². The Balaban J connectivity index is 1.33. The third-order valence-electron chi connectivity index (χ3n) is 5.55. The Kier molecular flexibility index (Phi) is 6.75. The molecule has 4 rings (SSSR count). The van der Waals surface area contributed by atoms with Crippen molar-refractivity contribution in [2.24, 2.45) is 0 Å². The Hall–Kier alpha value is -3.24. The minimum atomic E-state index is -3.58. The van der Waals surface area contributed by atoms with Gasteiger partial charge in [-0.2, -0.15) is 9.29 Å². The van der Waals surface area contributed by atoms with Crippen LogP contribution in [0.5, 0.6) is 0 Å². The van der Waals surface area contributed by atoms with Gasteiger partial charge in [-0.3, -0.25) is 0 Å². The van der Waals surface area contributed by atoms with Gasteiger partial charge in [-0.25, -0.2) is 13.2 Å². The molecule has 0 unspecified atom stereocenters. The first kappa shape index (κ1) is 22.9. The third kappa shape index (κ3) is 5.23. The third-order valence-corrected chi connectivity index (χ3v) is 7.46. The molecule has 0 spiro atoms. The van der Waals surface area contributed by atoms with Crippen molar-refractivity contribution in [2.75, 3.05) is 31.5 Å². The molecule has 174 valence electrons. The van der Waals surface area contributed by atoms with Gasteiger partial charge in [-0.1, -0.05) is 30.6 Å². The van der Waals surface area contributed by atoms with E-state index in [1.807, 2.05) is 12.1 Å². The summed E-state index contributed by atoms with van der Waals surface area (Å²) in [6, 6.07) is 13.9. The molecule has 1 saturated heterocycles. The van der Waals surface area contributed by atoms with E-state index in [4.69, 9.17) is 4.52 Å². The fourth-order valence-corrected chi connectivity index (χ4v) is 5.14. The number of piperazine rings is 1. The number of aromatic nitrogens is 2. The average Bonchev–Trinajstić information content (AvgIpc) is 3.26. The molecule has 2 aromatic carbocycles. The van der Waals surface area contributed by atoms with Gasteiger partial charge in [0.15, 0.2) is 0 Å². The summed E-state index contributed by atoms with van der Waals surface area (Å²) < 4.78 is 32.4. The van der Waals surface area contributed by atoms with Crippen LogP contribution >= 0.6 is 0 Å². The molecular weight excluding hydrogens is 442 g/mol. The Morgan fingerprint density at radius 1 is 1.03 bits per heavy atom. The van der Waals surface area contributed by atoms with Crippen LogP contribution in [-0.2, 0) is 16.4 Å². The second kappa shape index (κ2) is 9.72. The number of rotatable bonds is 6. The van der Waals surface area contributed by atoms with Crippen LogP contribution in [0.2, 0.25) is 0 Å². The Morgan fingerprint density at radius 2 is 1.70 bits per heavy atom. The first-order chi connectivity index (χ1) is 15.9. The number of nitrogens with one attached hydrogen (secondary N) is 1. The predicted molar refractivity (Wildman–Crippen MR) is 124 cm³/mol. The van der Waals surface area contributed by atoms with Crippen molar-refractivity contribution in [3.05, 3.63) is 60.0 Å². The lowest BCUT2D eigenvalue weighted by Crippen LogP contribution is -2.51. The maximum absolute atomic E-state index is 13.0. The molecule has 1 aliphatic rings. The number of amides is 2. The van der Waals surface area contributed by atoms with Crippen molar-refractivity contribution in [3.63, 3.8) is 0 Å². The zero-order valence-corrected chi connectivity index (χ0v) is 19.5. The Bertz CT molecular complexity index is 1200. The van der Waals surface area contributed by atoms with E-state index in [2.05, 4.69) is 22.4 Å². The molecule has 1 N–H and O–H groups in total. The molecule has 0 bridgehead atoms. The van der Waals surface area contributed by atoms with Crippen molar-refractivity contribution < 1.29 is 17.7 Å². The average molecular weight is 470 g/mol. The molecule has 0 saturated carbocycles. The quantitative estimate of drug-likeness (QED) is 0.592. The minimum absolute atomic E-state index is 0.253. The smallest absolute Gasteiger partial charge is 0.321 e. The largest absolute Gasteiger partial charge is 0.339 e. The summed E-state index contributed by atoms with van der Waals surface area (Å²) in [5, 5.41) is 6.73. The van der Waals surface area contributed by atoms with Crippen LogP contribution in [0.4, 0.5) is 10.5 Å². The first-order valence-corrected chi connectivity index (χ1v) is 12.4. The molecule has 2 amide bonds. The molecule has 1 aliphatic heterocycles. The topological polar surface area (TPSA) is 109 Å². The van der Waals surface area contributed by atoms with Crippen LogP contribution in [0.15, 0.2) is 57.9 Å². The molecule has 3 aromatic rings. The van der Waals surface area contributed by atoms with Gasteiger partial charge in [0.1, 0.15) is 0 Å². The number of benzene rings is 2. The zero-order chi connectivity index (χ0) is 23.4. The molecule has 0 aliphatic carbocycles. The lowest BCUT2D eigenvalue weighted by molar-refractivity contribution is 0.184. The van der Waals surface area contributed by atoms with Crippen LogP contribution in [0, 0.1) is 6.92 Å². The number of carbonyl (C=O) groups is 1. The molecule has 10 heteroatoms. The summed E-state index contributed by atoms with van der Waals surface area (Å²) in [5.74, 6) is 0.972. The Labute approximate surface area is 193 Å². The molecule has 0 atom stereocenters. The molecule has 33 heavy (non-hydrogen) atoms. The number of sulfonamides is 1. The maximum atomic E-state index is 13.0. The number of nitrogens with zero attached hydrogens (tertiary/aromatic N) is 4. The van der Waals surface area contributed by atoms with Gasteiger partial charge in [-0.05, 0) is 48.4 Å². The predicted octanol–water partition coefficient (Wildman–Crippen LogP) is 3.54. The van der Waals surface area contributed by atoms with Gasteiger partial charge in [0.05, 0.1) is 4.90 Å². The van der Waals surface area contributed by atoms with Crippen molar-refractivity contribution in [1.29, 1.82) is 0 Å². The summed E-state index contributed by atoms with van der Waals surface area (Å²) in [6.45, 7) is 4.95. The maximum Gasteiger partial charge on any atom is 0.321 e. The van der Waals surface area contributed by atoms with E-state index >= 15 is 0 Å². The summed E-state index contributed by atoms with van der Waals surface area (Å²) in [6.07, 6.45) is 1.94. The zero-order valence-electron chi connectivity index (χ0n) is 18.7. The monoisotopic (exact) mass is 469 g/mol. The molecule has 0 radical (unpaired) electrons. The van der Waals surface area contributed by atoms with Gasteiger partial charge in [0.25, 0.3) is 0 Å². The first-order valence-electron chi connectivity index (χ1n) is 10.9. The highest BCUT2D eigenvalue weighted by Gasteiger charge is 2.30. The van der Waals surface area contributed by atoms with Crippen molar-refractivity contribution in [3.8, 4) is 11.4 Å². The van der Waals surface area contributed by atoms with Crippen molar-refractivity contribution in [1.82, 2.24) is 19.3 Å². The summed E-state index contributed by atoms with van der Waals surface area (Å²) in [4.78, 5) is 18.7. The van der Waals surface area contributed by atoms with E-state index in [1.165, 1.54) is 4.31 Å². The van der Waals surface area contributed by atoms with Crippen molar-refractivity contribution in [2.45, 2.75) is 31.6 Å². The lowest BCUT2D eigenvalue weighted by atomic mass is 10.1. The molecule has 1 fully saturated rings. The normalized spacial score (nSPS) is 14.9. The van der Waals surface area contributed by atoms with Gasteiger partial charge < -0.3 is 14.7 Å². The number of hydrogen-bond acceptors (Lipinski definition) is 6. The lowest BCUT2D eigenvalue weighted by Gasteiger charge is -2.34. The second-order valence-electron chi connectivity index (χ2n) is 7.93.